The zero-order valence-corrected chi connectivity index (χ0v) is 11.5. The second-order valence-corrected chi connectivity index (χ2v) is 6.03. The first-order valence-corrected chi connectivity index (χ1v) is 6.32. The van der Waals surface area contributed by atoms with Crippen molar-refractivity contribution >= 4 is 5.82 Å². The van der Waals surface area contributed by atoms with E-state index >= 15 is 0 Å². The molecule has 1 aliphatic rings. The van der Waals surface area contributed by atoms with Gasteiger partial charge in [-0.1, -0.05) is 6.92 Å². The van der Waals surface area contributed by atoms with E-state index in [0.717, 1.165) is 0 Å². The van der Waals surface area contributed by atoms with Crippen molar-refractivity contribution in [3.05, 3.63) is 22.7 Å². The molecule has 0 spiro atoms. The lowest BCUT2D eigenvalue weighted by Crippen LogP contribution is -2.63. The molecule has 0 unspecified atom stereocenters. The van der Waals surface area contributed by atoms with Crippen molar-refractivity contribution in [3.8, 4) is 0 Å². The molecular weight excluding hydrogens is 230 g/mol. The normalized spacial score (nSPS) is 18.6. The molecule has 0 radical (unpaired) electrons. The van der Waals surface area contributed by atoms with Crippen LogP contribution in [0.25, 0.3) is 0 Å². The van der Waals surface area contributed by atoms with Crippen LogP contribution >= 0.6 is 0 Å². The number of anilines is 1. The highest BCUT2D eigenvalue weighted by atomic mass is 16.3. The molecule has 1 aliphatic heterocycles. The first kappa shape index (κ1) is 13.1. The predicted molar refractivity (Wildman–Crippen MR) is 70.9 cm³/mol. The van der Waals surface area contributed by atoms with Gasteiger partial charge < -0.3 is 14.6 Å². The Balaban J connectivity index is 2.30. The summed E-state index contributed by atoms with van der Waals surface area (Å²) >= 11 is 0. The fourth-order valence-corrected chi connectivity index (χ4v) is 2.18. The van der Waals surface area contributed by atoms with Crippen LogP contribution in [0.3, 0.4) is 0 Å². The summed E-state index contributed by atoms with van der Waals surface area (Å²) in [5, 5.41) is 9.99. The second kappa shape index (κ2) is 4.09. The SMILES string of the molecule is CCC1(O)CN(c2nccn(C(C)(C)C)c2=O)C1. The van der Waals surface area contributed by atoms with E-state index in [1.54, 1.807) is 17.0 Å². The minimum atomic E-state index is -0.656. The van der Waals surface area contributed by atoms with Gasteiger partial charge in [-0.2, -0.15) is 0 Å². The molecule has 100 valence electrons. The molecular formula is C13H21N3O2. The molecule has 0 aliphatic carbocycles. The van der Waals surface area contributed by atoms with Crippen molar-refractivity contribution in [1.29, 1.82) is 0 Å². The van der Waals surface area contributed by atoms with Gasteiger partial charge in [-0.3, -0.25) is 4.79 Å². The molecule has 1 aromatic rings. The van der Waals surface area contributed by atoms with E-state index in [0.29, 0.717) is 25.3 Å². The average molecular weight is 251 g/mol. The molecule has 1 saturated heterocycles. The highest BCUT2D eigenvalue weighted by Gasteiger charge is 2.41. The number of aromatic nitrogens is 2. The van der Waals surface area contributed by atoms with Crippen LogP contribution in [0.2, 0.25) is 0 Å². The van der Waals surface area contributed by atoms with Gasteiger partial charge in [0, 0.05) is 17.9 Å². The highest BCUT2D eigenvalue weighted by molar-refractivity contribution is 5.42. The Kier molecular flexibility index (Phi) is 2.97. The summed E-state index contributed by atoms with van der Waals surface area (Å²) in [7, 11) is 0. The Labute approximate surface area is 107 Å². The maximum absolute atomic E-state index is 12.3. The number of hydrogen-bond donors (Lipinski definition) is 1. The van der Waals surface area contributed by atoms with E-state index in [1.807, 2.05) is 32.6 Å². The zero-order chi connectivity index (χ0) is 13.6. The molecule has 1 aromatic heterocycles. The lowest BCUT2D eigenvalue weighted by atomic mass is 9.91. The summed E-state index contributed by atoms with van der Waals surface area (Å²) < 4.78 is 1.68. The third-order valence-electron chi connectivity index (χ3n) is 3.47. The summed E-state index contributed by atoms with van der Waals surface area (Å²) in [5.74, 6) is 0.436. The van der Waals surface area contributed by atoms with Gasteiger partial charge in [-0.05, 0) is 27.2 Å². The lowest BCUT2D eigenvalue weighted by Gasteiger charge is -2.46. The van der Waals surface area contributed by atoms with Crippen LogP contribution in [0, 0.1) is 0 Å². The molecule has 5 heteroatoms. The second-order valence-electron chi connectivity index (χ2n) is 6.03. The fourth-order valence-electron chi connectivity index (χ4n) is 2.18. The topological polar surface area (TPSA) is 58.4 Å². The van der Waals surface area contributed by atoms with Gasteiger partial charge in [-0.15, -0.1) is 0 Å². The number of β-amino-alcohol motifs (C(OH)–C–C–N with tert-alkyl or cyclic N) is 1. The number of rotatable bonds is 2. The molecule has 5 nitrogen and oxygen atoms in total. The third-order valence-corrected chi connectivity index (χ3v) is 3.47. The van der Waals surface area contributed by atoms with Crippen LogP contribution in [0.4, 0.5) is 5.82 Å². The quantitative estimate of drug-likeness (QED) is 0.850. The van der Waals surface area contributed by atoms with E-state index in [1.165, 1.54) is 0 Å². The molecule has 1 N–H and O–H groups in total. The van der Waals surface area contributed by atoms with Gasteiger partial charge in [0.15, 0.2) is 5.82 Å². The van der Waals surface area contributed by atoms with Gasteiger partial charge in [0.2, 0.25) is 0 Å². The Bertz CT molecular complexity index is 496. The number of aliphatic hydroxyl groups is 1. The van der Waals surface area contributed by atoms with Crippen LogP contribution in [0.1, 0.15) is 34.1 Å². The van der Waals surface area contributed by atoms with Crippen molar-refractivity contribution < 1.29 is 5.11 Å². The van der Waals surface area contributed by atoms with Crippen LogP contribution in [-0.2, 0) is 5.54 Å². The Hall–Kier alpha value is -1.36. The zero-order valence-electron chi connectivity index (χ0n) is 11.5. The van der Waals surface area contributed by atoms with E-state index < -0.39 is 5.60 Å². The van der Waals surface area contributed by atoms with Crippen LogP contribution < -0.4 is 10.5 Å². The van der Waals surface area contributed by atoms with Crippen LogP contribution in [-0.4, -0.2) is 33.3 Å². The highest BCUT2D eigenvalue weighted by Crippen LogP contribution is 2.26. The molecule has 1 fully saturated rings. The number of hydrogen-bond acceptors (Lipinski definition) is 4. The maximum atomic E-state index is 12.3. The summed E-state index contributed by atoms with van der Waals surface area (Å²) in [5.41, 5.74) is -1.01. The minimum Gasteiger partial charge on any atom is -0.386 e. The van der Waals surface area contributed by atoms with Crippen LogP contribution in [0.5, 0.6) is 0 Å². The van der Waals surface area contributed by atoms with Crippen LogP contribution in [0.15, 0.2) is 17.2 Å². The summed E-state index contributed by atoms with van der Waals surface area (Å²) in [6.07, 6.45) is 4.05. The van der Waals surface area contributed by atoms with E-state index in [2.05, 4.69) is 4.98 Å². The van der Waals surface area contributed by atoms with Gasteiger partial charge >= 0.3 is 0 Å². The largest absolute Gasteiger partial charge is 0.386 e. The summed E-state index contributed by atoms with van der Waals surface area (Å²) in [4.78, 5) is 18.3. The lowest BCUT2D eigenvalue weighted by molar-refractivity contribution is 0.00782. The van der Waals surface area contributed by atoms with E-state index in [4.69, 9.17) is 0 Å². The predicted octanol–water partition coefficient (Wildman–Crippen LogP) is 0.959. The molecule has 0 bridgehead atoms. The molecule has 0 saturated carbocycles. The monoisotopic (exact) mass is 251 g/mol. The standard InChI is InChI=1S/C13H21N3O2/c1-5-13(18)8-15(9-13)10-11(17)16(7-6-14-10)12(2,3)4/h6-7,18H,5,8-9H2,1-4H3. The van der Waals surface area contributed by atoms with Crippen molar-refractivity contribution in [2.24, 2.45) is 0 Å². The summed E-state index contributed by atoms with van der Waals surface area (Å²) in [6, 6.07) is 0. The molecule has 2 rings (SSSR count). The Morgan fingerprint density at radius 1 is 1.44 bits per heavy atom. The molecule has 0 atom stereocenters. The van der Waals surface area contributed by atoms with Gasteiger partial charge in [0.1, 0.15) is 0 Å². The van der Waals surface area contributed by atoms with Crippen molar-refractivity contribution in [3.63, 3.8) is 0 Å². The number of nitrogens with zero attached hydrogens (tertiary/aromatic N) is 3. The van der Waals surface area contributed by atoms with Gasteiger partial charge in [0.25, 0.3) is 5.56 Å². The summed E-state index contributed by atoms with van der Waals surface area (Å²) in [6.45, 7) is 8.87. The van der Waals surface area contributed by atoms with Gasteiger partial charge in [-0.25, -0.2) is 4.98 Å². The fraction of sp³-hybridized carbons (Fsp3) is 0.692. The molecule has 0 amide bonds. The van der Waals surface area contributed by atoms with E-state index in [-0.39, 0.29) is 11.1 Å². The average Bonchev–Trinajstić information content (AvgIpc) is 2.24. The first-order valence-electron chi connectivity index (χ1n) is 6.32. The van der Waals surface area contributed by atoms with Gasteiger partial charge in [0.05, 0.1) is 18.7 Å². The molecule has 2 heterocycles. The van der Waals surface area contributed by atoms with Crippen molar-refractivity contribution in [2.75, 3.05) is 18.0 Å². The molecule has 18 heavy (non-hydrogen) atoms. The smallest absolute Gasteiger partial charge is 0.293 e. The van der Waals surface area contributed by atoms with E-state index in [9.17, 15) is 9.90 Å². The maximum Gasteiger partial charge on any atom is 0.293 e. The molecule has 0 aromatic carbocycles. The minimum absolute atomic E-state index is 0.0943. The third kappa shape index (κ3) is 2.14. The van der Waals surface area contributed by atoms with Crippen molar-refractivity contribution in [1.82, 2.24) is 9.55 Å². The first-order chi connectivity index (χ1) is 8.27. The van der Waals surface area contributed by atoms with Crippen molar-refractivity contribution in [2.45, 2.75) is 45.3 Å². The Morgan fingerprint density at radius 3 is 2.56 bits per heavy atom. The Morgan fingerprint density at radius 2 is 2.06 bits per heavy atom.